The molecule has 0 bridgehead atoms. The van der Waals surface area contributed by atoms with Crippen molar-refractivity contribution in [1.82, 2.24) is 15.0 Å². The van der Waals surface area contributed by atoms with Crippen LogP contribution in [0.1, 0.15) is 30.5 Å². The smallest absolute Gasteiger partial charge is 0.0996 e. The van der Waals surface area contributed by atoms with E-state index in [1.807, 2.05) is 10.9 Å². The molecule has 2 rings (SSSR count). The Hall–Kier alpha value is -0.720. The molecule has 0 amide bonds. The van der Waals surface area contributed by atoms with Crippen LogP contribution in [0.25, 0.3) is 0 Å². The van der Waals surface area contributed by atoms with Gasteiger partial charge in [-0.2, -0.15) is 0 Å². The maximum Gasteiger partial charge on any atom is 0.0996 e. The lowest BCUT2D eigenvalue weighted by Crippen LogP contribution is -2.17. The summed E-state index contributed by atoms with van der Waals surface area (Å²) in [7, 11) is 0. The van der Waals surface area contributed by atoms with Gasteiger partial charge in [0.1, 0.15) is 0 Å². The lowest BCUT2D eigenvalue weighted by Gasteiger charge is -2.11. The molecule has 2 heterocycles. The number of nitrogens with two attached hydrogens (primary N) is 1. The van der Waals surface area contributed by atoms with E-state index in [1.54, 1.807) is 11.3 Å². The van der Waals surface area contributed by atoms with Gasteiger partial charge in [0.15, 0.2) is 0 Å². The van der Waals surface area contributed by atoms with Crippen LogP contribution < -0.4 is 5.73 Å². The molecule has 1 unspecified atom stereocenters. The van der Waals surface area contributed by atoms with Crippen molar-refractivity contribution >= 4 is 27.3 Å². The maximum absolute atomic E-state index is 6.03. The third kappa shape index (κ3) is 3.14. The molecule has 0 saturated carbocycles. The van der Waals surface area contributed by atoms with Crippen molar-refractivity contribution in [1.29, 1.82) is 0 Å². The number of rotatable bonds is 4. The molecule has 2 N–H and O–H groups in total. The topological polar surface area (TPSA) is 56.7 Å². The molecule has 6 heteroatoms. The van der Waals surface area contributed by atoms with E-state index in [0.717, 1.165) is 16.7 Å². The second-order valence-electron chi connectivity index (χ2n) is 4.34. The third-order valence-electron chi connectivity index (χ3n) is 2.56. The first-order valence-corrected chi connectivity index (χ1v) is 7.12. The fraction of sp³-hybridized carbons (Fsp3) is 0.455. The maximum atomic E-state index is 6.03. The average molecular weight is 315 g/mol. The summed E-state index contributed by atoms with van der Waals surface area (Å²) in [5, 5.41) is 10.3. The number of hydrogen-bond acceptors (Lipinski definition) is 4. The van der Waals surface area contributed by atoms with Gasteiger partial charge >= 0.3 is 0 Å². The van der Waals surface area contributed by atoms with Crippen LogP contribution >= 0.6 is 27.3 Å². The highest BCUT2D eigenvalue weighted by atomic mass is 79.9. The van der Waals surface area contributed by atoms with Crippen LogP contribution in [0.2, 0.25) is 0 Å². The summed E-state index contributed by atoms with van der Waals surface area (Å²) in [5.41, 5.74) is 6.88. The first-order chi connectivity index (χ1) is 8.06. The van der Waals surface area contributed by atoms with E-state index in [1.165, 1.54) is 4.88 Å². The van der Waals surface area contributed by atoms with Gasteiger partial charge in [-0.3, -0.25) is 0 Å². The predicted molar refractivity (Wildman–Crippen MR) is 72.9 cm³/mol. The van der Waals surface area contributed by atoms with Crippen molar-refractivity contribution in [3.8, 4) is 0 Å². The van der Waals surface area contributed by atoms with Gasteiger partial charge in [-0.05, 0) is 27.9 Å². The highest BCUT2D eigenvalue weighted by Gasteiger charge is 2.14. The molecule has 0 radical (unpaired) electrons. The Kier molecular flexibility index (Phi) is 3.96. The van der Waals surface area contributed by atoms with Crippen molar-refractivity contribution < 1.29 is 0 Å². The second-order valence-corrected chi connectivity index (χ2v) is 6.25. The van der Waals surface area contributed by atoms with E-state index in [4.69, 9.17) is 5.73 Å². The largest absolute Gasteiger partial charge is 0.322 e. The summed E-state index contributed by atoms with van der Waals surface area (Å²) in [4.78, 5) is 1.24. The molecule has 1 atom stereocenters. The minimum atomic E-state index is -0.0428. The van der Waals surface area contributed by atoms with Crippen molar-refractivity contribution in [2.75, 3.05) is 0 Å². The van der Waals surface area contributed by atoms with Crippen LogP contribution in [0.4, 0.5) is 0 Å². The molecule has 92 valence electrons. The van der Waals surface area contributed by atoms with Gasteiger partial charge in [0.25, 0.3) is 0 Å². The number of halogens is 1. The van der Waals surface area contributed by atoms with E-state index in [9.17, 15) is 0 Å². The van der Waals surface area contributed by atoms with Crippen LogP contribution in [0.15, 0.2) is 22.1 Å². The molecular weight excluding hydrogens is 300 g/mol. The Morgan fingerprint density at radius 2 is 2.29 bits per heavy atom. The summed E-state index contributed by atoms with van der Waals surface area (Å²) in [6.07, 6.45) is 1.93. The lowest BCUT2D eigenvalue weighted by atomic mass is 10.0. The zero-order valence-corrected chi connectivity index (χ0v) is 12.2. The van der Waals surface area contributed by atoms with E-state index in [-0.39, 0.29) is 6.04 Å². The zero-order valence-electron chi connectivity index (χ0n) is 9.80. The van der Waals surface area contributed by atoms with E-state index < -0.39 is 0 Å². The standard InChI is InChI=1S/C11H15BrN4S/c1-7(2)11(13)10-5-16(15-14-10)4-9-3-8(12)6-17-9/h3,5-7,11H,4,13H2,1-2H3. The molecule has 0 saturated heterocycles. The Morgan fingerprint density at radius 1 is 1.53 bits per heavy atom. The van der Waals surface area contributed by atoms with Gasteiger partial charge < -0.3 is 5.73 Å². The minimum absolute atomic E-state index is 0.0428. The normalized spacial score (nSPS) is 13.2. The predicted octanol–water partition coefficient (Wildman–Crippen LogP) is 2.81. The second kappa shape index (κ2) is 5.29. The number of nitrogens with zero attached hydrogens (tertiary/aromatic N) is 3. The van der Waals surface area contributed by atoms with E-state index >= 15 is 0 Å². The number of hydrogen-bond donors (Lipinski definition) is 1. The first kappa shape index (κ1) is 12.7. The molecular formula is C11H15BrN4S. The summed E-state index contributed by atoms with van der Waals surface area (Å²) in [6, 6.07) is 2.05. The lowest BCUT2D eigenvalue weighted by molar-refractivity contribution is 0.502. The fourth-order valence-electron chi connectivity index (χ4n) is 1.48. The summed E-state index contributed by atoms with van der Waals surface area (Å²) in [6.45, 7) is 4.91. The summed E-state index contributed by atoms with van der Waals surface area (Å²) >= 11 is 5.14. The molecule has 0 aliphatic carbocycles. The third-order valence-corrected chi connectivity index (χ3v) is 4.24. The van der Waals surface area contributed by atoms with Crippen LogP contribution in [-0.2, 0) is 6.54 Å². The Morgan fingerprint density at radius 3 is 2.88 bits per heavy atom. The first-order valence-electron chi connectivity index (χ1n) is 5.45. The van der Waals surface area contributed by atoms with E-state index in [0.29, 0.717) is 5.92 Å². The number of thiophene rings is 1. The van der Waals surface area contributed by atoms with E-state index in [2.05, 4.69) is 51.5 Å². The monoisotopic (exact) mass is 314 g/mol. The highest BCUT2D eigenvalue weighted by Crippen LogP contribution is 2.21. The Balaban J connectivity index is 2.08. The molecule has 4 nitrogen and oxygen atoms in total. The zero-order chi connectivity index (χ0) is 12.4. The molecule has 0 aromatic carbocycles. The Labute approximate surface area is 113 Å². The van der Waals surface area contributed by atoms with Gasteiger partial charge in [-0.15, -0.1) is 16.4 Å². The van der Waals surface area contributed by atoms with Crippen LogP contribution in [-0.4, -0.2) is 15.0 Å². The van der Waals surface area contributed by atoms with Crippen LogP contribution in [0.3, 0.4) is 0 Å². The average Bonchev–Trinajstić information content (AvgIpc) is 2.87. The molecule has 17 heavy (non-hydrogen) atoms. The minimum Gasteiger partial charge on any atom is -0.322 e. The van der Waals surface area contributed by atoms with Crippen molar-refractivity contribution in [2.24, 2.45) is 11.7 Å². The molecule has 0 spiro atoms. The SMILES string of the molecule is CC(C)C(N)c1cn(Cc2cc(Br)cs2)nn1. The molecule has 0 aliphatic heterocycles. The quantitative estimate of drug-likeness (QED) is 0.944. The van der Waals surface area contributed by atoms with Gasteiger partial charge in [-0.25, -0.2) is 4.68 Å². The van der Waals surface area contributed by atoms with Gasteiger partial charge in [-0.1, -0.05) is 19.1 Å². The summed E-state index contributed by atoms with van der Waals surface area (Å²) < 4.78 is 2.94. The van der Waals surface area contributed by atoms with Crippen LogP contribution in [0, 0.1) is 5.92 Å². The van der Waals surface area contributed by atoms with Crippen LogP contribution in [0.5, 0.6) is 0 Å². The van der Waals surface area contributed by atoms with Gasteiger partial charge in [0, 0.05) is 14.7 Å². The number of aromatic nitrogens is 3. The molecule has 0 fully saturated rings. The van der Waals surface area contributed by atoms with Gasteiger partial charge in [0.05, 0.1) is 24.5 Å². The van der Waals surface area contributed by atoms with Crippen molar-refractivity contribution in [3.63, 3.8) is 0 Å². The molecule has 2 aromatic rings. The Bertz CT molecular complexity index is 491. The van der Waals surface area contributed by atoms with Gasteiger partial charge in [0.2, 0.25) is 0 Å². The van der Waals surface area contributed by atoms with Crippen molar-refractivity contribution in [3.05, 3.63) is 32.7 Å². The highest BCUT2D eigenvalue weighted by molar-refractivity contribution is 9.10. The molecule has 0 aliphatic rings. The fourth-order valence-corrected chi connectivity index (χ4v) is 2.92. The van der Waals surface area contributed by atoms with Crippen molar-refractivity contribution in [2.45, 2.75) is 26.4 Å². The molecule has 2 aromatic heterocycles. The summed E-state index contributed by atoms with van der Waals surface area (Å²) in [5.74, 6) is 0.371.